The predicted molar refractivity (Wildman–Crippen MR) is 99.6 cm³/mol. The first-order valence-corrected chi connectivity index (χ1v) is 8.12. The molecule has 3 rings (SSSR count). The number of hydrogen-bond acceptors (Lipinski definition) is 6. The minimum absolute atomic E-state index is 0.399. The van der Waals surface area contributed by atoms with Crippen molar-refractivity contribution in [2.45, 2.75) is 13.5 Å². The fourth-order valence-corrected chi connectivity index (χ4v) is 2.50. The highest BCUT2D eigenvalue weighted by molar-refractivity contribution is 6.30. The molecule has 3 aromatic rings. The molecule has 0 aliphatic rings. The van der Waals surface area contributed by atoms with Gasteiger partial charge in [-0.15, -0.1) is 5.10 Å². The maximum Gasteiger partial charge on any atom is 0.249 e. The van der Waals surface area contributed by atoms with Crippen LogP contribution in [0.15, 0.2) is 48.7 Å². The van der Waals surface area contributed by atoms with Gasteiger partial charge in [0.2, 0.25) is 5.95 Å². The largest absolute Gasteiger partial charge is 0.496 e. The third-order valence-electron chi connectivity index (χ3n) is 3.66. The summed E-state index contributed by atoms with van der Waals surface area (Å²) in [5.74, 6) is 1.84. The summed E-state index contributed by atoms with van der Waals surface area (Å²) >= 11 is 6.04. The van der Waals surface area contributed by atoms with Crippen LogP contribution in [0, 0.1) is 6.92 Å². The van der Waals surface area contributed by atoms with Crippen molar-refractivity contribution in [1.82, 2.24) is 15.2 Å². The number of para-hydroxylation sites is 1. The van der Waals surface area contributed by atoms with Gasteiger partial charge in [0, 0.05) is 22.8 Å². The summed E-state index contributed by atoms with van der Waals surface area (Å²) in [5, 5.41) is 15.0. The summed E-state index contributed by atoms with van der Waals surface area (Å²) in [6.45, 7) is 2.55. The van der Waals surface area contributed by atoms with E-state index >= 15 is 0 Å². The number of methoxy groups -OCH3 is 1. The standard InChI is InChI=1S/C18H18ClN5O/c1-12-7-8-14(19)9-15(12)22-18-23-17(11-21-24-18)20-10-13-5-3-4-6-16(13)25-2/h3-9,11H,10H2,1-2H3,(H2,20,22,23,24). The molecular formula is C18H18ClN5O. The van der Waals surface area contributed by atoms with Crippen molar-refractivity contribution >= 4 is 29.1 Å². The van der Waals surface area contributed by atoms with E-state index in [0.717, 1.165) is 22.6 Å². The second-order valence-electron chi connectivity index (χ2n) is 5.41. The summed E-state index contributed by atoms with van der Waals surface area (Å²) < 4.78 is 5.35. The SMILES string of the molecule is COc1ccccc1CNc1cnnc(Nc2cc(Cl)ccc2C)n1. The topological polar surface area (TPSA) is 72.0 Å². The van der Waals surface area contributed by atoms with Crippen LogP contribution in [-0.2, 0) is 6.54 Å². The van der Waals surface area contributed by atoms with E-state index in [-0.39, 0.29) is 0 Å². The molecule has 0 saturated heterocycles. The van der Waals surface area contributed by atoms with E-state index in [1.165, 1.54) is 0 Å². The van der Waals surface area contributed by atoms with E-state index in [4.69, 9.17) is 16.3 Å². The van der Waals surface area contributed by atoms with Gasteiger partial charge in [-0.2, -0.15) is 10.1 Å². The number of aromatic nitrogens is 3. The average Bonchev–Trinajstić information content (AvgIpc) is 2.63. The number of ether oxygens (including phenoxy) is 1. The summed E-state index contributed by atoms with van der Waals surface area (Å²) in [5.41, 5.74) is 2.92. The highest BCUT2D eigenvalue weighted by Crippen LogP contribution is 2.23. The molecule has 0 unspecified atom stereocenters. The lowest BCUT2D eigenvalue weighted by Gasteiger charge is -2.11. The Bertz CT molecular complexity index is 872. The Morgan fingerprint density at radius 1 is 1.16 bits per heavy atom. The Kier molecular flexibility index (Phi) is 5.30. The predicted octanol–water partition coefficient (Wildman–Crippen LogP) is 4.20. The Balaban J connectivity index is 1.72. The van der Waals surface area contributed by atoms with Crippen molar-refractivity contribution in [1.29, 1.82) is 0 Å². The molecule has 0 aliphatic heterocycles. The van der Waals surface area contributed by atoms with E-state index in [2.05, 4.69) is 25.8 Å². The molecule has 25 heavy (non-hydrogen) atoms. The van der Waals surface area contributed by atoms with Crippen LogP contribution in [0.25, 0.3) is 0 Å². The molecule has 2 aromatic carbocycles. The highest BCUT2D eigenvalue weighted by atomic mass is 35.5. The number of nitrogens with one attached hydrogen (secondary N) is 2. The van der Waals surface area contributed by atoms with Crippen molar-refractivity contribution in [3.05, 3.63) is 64.8 Å². The quantitative estimate of drug-likeness (QED) is 0.690. The molecular weight excluding hydrogens is 338 g/mol. The molecule has 0 radical (unpaired) electrons. The first kappa shape index (κ1) is 17.0. The third-order valence-corrected chi connectivity index (χ3v) is 3.89. The second kappa shape index (κ2) is 7.81. The number of benzene rings is 2. The van der Waals surface area contributed by atoms with Crippen LogP contribution in [0.3, 0.4) is 0 Å². The zero-order valence-electron chi connectivity index (χ0n) is 14.0. The Morgan fingerprint density at radius 3 is 2.84 bits per heavy atom. The van der Waals surface area contributed by atoms with Gasteiger partial charge in [0.1, 0.15) is 5.75 Å². The van der Waals surface area contributed by atoms with E-state index < -0.39 is 0 Å². The number of hydrogen-bond donors (Lipinski definition) is 2. The van der Waals surface area contributed by atoms with Gasteiger partial charge in [-0.3, -0.25) is 0 Å². The lowest BCUT2D eigenvalue weighted by molar-refractivity contribution is 0.410. The highest BCUT2D eigenvalue weighted by Gasteiger charge is 2.06. The normalized spacial score (nSPS) is 10.4. The van der Waals surface area contributed by atoms with E-state index in [9.17, 15) is 0 Å². The van der Waals surface area contributed by atoms with Crippen LogP contribution in [0.1, 0.15) is 11.1 Å². The molecule has 0 atom stereocenters. The van der Waals surface area contributed by atoms with Crippen molar-refractivity contribution in [2.24, 2.45) is 0 Å². The number of nitrogens with zero attached hydrogens (tertiary/aromatic N) is 3. The smallest absolute Gasteiger partial charge is 0.249 e. The second-order valence-corrected chi connectivity index (χ2v) is 5.85. The van der Waals surface area contributed by atoms with E-state index in [1.54, 1.807) is 13.3 Å². The molecule has 0 fully saturated rings. The zero-order chi connectivity index (χ0) is 17.6. The van der Waals surface area contributed by atoms with Crippen molar-refractivity contribution < 1.29 is 4.74 Å². The van der Waals surface area contributed by atoms with Crippen LogP contribution in [-0.4, -0.2) is 22.3 Å². The minimum atomic E-state index is 0.399. The summed E-state index contributed by atoms with van der Waals surface area (Å²) in [4.78, 5) is 4.43. The first-order valence-electron chi connectivity index (χ1n) is 7.74. The van der Waals surface area contributed by atoms with E-state index in [0.29, 0.717) is 23.3 Å². The fourth-order valence-electron chi connectivity index (χ4n) is 2.33. The minimum Gasteiger partial charge on any atom is -0.496 e. The Hall–Kier alpha value is -2.86. The number of aryl methyl sites for hydroxylation is 1. The summed E-state index contributed by atoms with van der Waals surface area (Å²) in [6.07, 6.45) is 1.57. The molecule has 0 aliphatic carbocycles. The monoisotopic (exact) mass is 355 g/mol. The molecule has 1 aromatic heterocycles. The van der Waals surface area contributed by atoms with Gasteiger partial charge in [-0.05, 0) is 30.7 Å². The van der Waals surface area contributed by atoms with Crippen LogP contribution >= 0.6 is 11.6 Å². The van der Waals surface area contributed by atoms with Crippen LogP contribution in [0.2, 0.25) is 5.02 Å². The number of rotatable bonds is 6. The van der Waals surface area contributed by atoms with Crippen molar-refractivity contribution in [2.75, 3.05) is 17.7 Å². The van der Waals surface area contributed by atoms with Crippen LogP contribution in [0.5, 0.6) is 5.75 Å². The zero-order valence-corrected chi connectivity index (χ0v) is 14.7. The summed E-state index contributed by atoms with van der Waals surface area (Å²) in [7, 11) is 1.65. The number of halogens is 1. The fraction of sp³-hybridized carbons (Fsp3) is 0.167. The lowest BCUT2D eigenvalue weighted by Crippen LogP contribution is -2.06. The summed E-state index contributed by atoms with van der Waals surface area (Å²) in [6, 6.07) is 13.4. The van der Waals surface area contributed by atoms with Gasteiger partial charge < -0.3 is 15.4 Å². The molecule has 0 amide bonds. The van der Waals surface area contributed by atoms with Gasteiger partial charge in [-0.1, -0.05) is 35.9 Å². The maximum atomic E-state index is 6.04. The molecule has 7 heteroatoms. The molecule has 0 spiro atoms. The molecule has 0 bridgehead atoms. The molecule has 2 N–H and O–H groups in total. The van der Waals surface area contributed by atoms with Crippen LogP contribution in [0.4, 0.5) is 17.5 Å². The van der Waals surface area contributed by atoms with Gasteiger partial charge in [0.25, 0.3) is 0 Å². The van der Waals surface area contributed by atoms with Gasteiger partial charge >= 0.3 is 0 Å². The Morgan fingerprint density at radius 2 is 2.00 bits per heavy atom. The van der Waals surface area contributed by atoms with E-state index in [1.807, 2.05) is 49.4 Å². The maximum absolute atomic E-state index is 6.04. The lowest BCUT2D eigenvalue weighted by atomic mass is 10.2. The van der Waals surface area contributed by atoms with Gasteiger partial charge in [0.05, 0.1) is 13.3 Å². The molecule has 1 heterocycles. The van der Waals surface area contributed by atoms with Crippen molar-refractivity contribution in [3.8, 4) is 5.75 Å². The van der Waals surface area contributed by atoms with Crippen LogP contribution < -0.4 is 15.4 Å². The molecule has 128 valence electrons. The first-order chi connectivity index (χ1) is 12.2. The van der Waals surface area contributed by atoms with Crippen molar-refractivity contribution in [3.63, 3.8) is 0 Å². The molecule has 6 nitrogen and oxygen atoms in total. The average molecular weight is 356 g/mol. The third kappa shape index (κ3) is 4.36. The van der Waals surface area contributed by atoms with Gasteiger partial charge in [-0.25, -0.2) is 0 Å². The Labute approximate surface area is 151 Å². The number of anilines is 3. The molecule has 0 saturated carbocycles. The van der Waals surface area contributed by atoms with Gasteiger partial charge in [0.15, 0.2) is 5.82 Å².